The fraction of sp³-hybridized carbons (Fsp3) is 0.500. The molecule has 1 aliphatic rings. The molecule has 5 heteroatoms. The lowest BCUT2D eigenvalue weighted by molar-refractivity contribution is 0.1000. The van der Waals surface area contributed by atoms with Crippen molar-refractivity contribution in [2.45, 2.75) is 25.3 Å². The first kappa shape index (κ1) is 11.9. The largest absolute Gasteiger partial charge is 0.396 e. The number of pyridine rings is 1. The summed E-state index contributed by atoms with van der Waals surface area (Å²) in [6.45, 7) is 0.205. The Bertz CT molecular complexity index is 391. The Morgan fingerprint density at radius 1 is 1.53 bits per heavy atom. The van der Waals surface area contributed by atoms with E-state index in [-0.39, 0.29) is 12.6 Å². The van der Waals surface area contributed by atoms with Crippen LogP contribution in [0.3, 0.4) is 0 Å². The van der Waals surface area contributed by atoms with Gasteiger partial charge in [0.25, 0.3) is 0 Å². The quantitative estimate of drug-likeness (QED) is 0.718. The molecule has 0 radical (unpaired) electrons. The number of carbonyl (C=O) groups excluding carboxylic acids is 1. The van der Waals surface area contributed by atoms with E-state index in [4.69, 9.17) is 5.73 Å². The first-order valence-electron chi connectivity index (χ1n) is 5.84. The molecule has 2 rings (SSSR count). The molecule has 5 nitrogen and oxygen atoms in total. The average Bonchev–Trinajstić information content (AvgIpc) is 2.77. The van der Waals surface area contributed by atoms with Crippen molar-refractivity contribution in [2.24, 2.45) is 11.7 Å². The Labute approximate surface area is 100 Å². The Kier molecular flexibility index (Phi) is 3.58. The highest BCUT2D eigenvalue weighted by atomic mass is 16.3. The summed E-state index contributed by atoms with van der Waals surface area (Å²) >= 11 is 0. The number of carbonyl (C=O) groups is 1. The Hall–Kier alpha value is -1.62. The SMILES string of the molecule is NC(=O)c1ccc(NC2CCCC2CO)nc1. The first-order valence-corrected chi connectivity index (χ1v) is 5.84. The second-order valence-electron chi connectivity index (χ2n) is 4.42. The van der Waals surface area contributed by atoms with E-state index in [9.17, 15) is 9.90 Å². The molecule has 92 valence electrons. The zero-order valence-electron chi connectivity index (χ0n) is 9.60. The number of anilines is 1. The van der Waals surface area contributed by atoms with Crippen molar-refractivity contribution >= 4 is 11.7 Å². The molecule has 1 saturated carbocycles. The highest BCUT2D eigenvalue weighted by Crippen LogP contribution is 2.27. The van der Waals surface area contributed by atoms with E-state index in [1.807, 2.05) is 0 Å². The van der Waals surface area contributed by atoms with Gasteiger partial charge >= 0.3 is 0 Å². The van der Waals surface area contributed by atoms with Gasteiger partial charge in [0.1, 0.15) is 5.82 Å². The van der Waals surface area contributed by atoms with Gasteiger partial charge in [0.15, 0.2) is 0 Å². The van der Waals surface area contributed by atoms with Crippen LogP contribution in [0.1, 0.15) is 29.6 Å². The van der Waals surface area contributed by atoms with Gasteiger partial charge < -0.3 is 16.2 Å². The van der Waals surface area contributed by atoms with Crippen LogP contribution in [-0.2, 0) is 0 Å². The predicted octanol–water partition coefficient (Wildman–Crippen LogP) is 0.753. The molecule has 1 aliphatic carbocycles. The number of nitrogens with zero attached hydrogens (tertiary/aromatic N) is 1. The number of amides is 1. The van der Waals surface area contributed by atoms with Crippen molar-refractivity contribution in [1.82, 2.24) is 4.98 Å². The molecule has 1 aromatic rings. The van der Waals surface area contributed by atoms with E-state index in [0.717, 1.165) is 25.1 Å². The van der Waals surface area contributed by atoms with Gasteiger partial charge in [-0.2, -0.15) is 0 Å². The molecule has 1 aromatic heterocycles. The van der Waals surface area contributed by atoms with E-state index in [1.54, 1.807) is 12.1 Å². The van der Waals surface area contributed by atoms with E-state index in [1.165, 1.54) is 6.20 Å². The molecule has 1 fully saturated rings. The first-order chi connectivity index (χ1) is 8.20. The van der Waals surface area contributed by atoms with E-state index in [0.29, 0.717) is 11.5 Å². The molecule has 0 aromatic carbocycles. The number of aromatic nitrogens is 1. The summed E-state index contributed by atoms with van der Waals surface area (Å²) in [5.41, 5.74) is 5.54. The van der Waals surface area contributed by atoms with Crippen molar-refractivity contribution in [3.8, 4) is 0 Å². The standard InChI is InChI=1S/C12H17N3O2/c13-12(17)8-4-5-11(14-6-8)15-10-3-1-2-9(10)7-16/h4-6,9-10,16H,1-3,7H2,(H2,13,17)(H,14,15). The molecule has 2 unspecified atom stereocenters. The zero-order valence-corrected chi connectivity index (χ0v) is 9.60. The monoisotopic (exact) mass is 235 g/mol. The summed E-state index contributed by atoms with van der Waals surface area (Å²) in [4.78, 5) is 15.0. The van der Waals surface area contributed by atoms with Gasteiger partial charge in [-0.3, -0.25) is 4.79 Å². The predicted molar refractivity (Wildman–Crippen MR) is 64.6 cm³/mol. The van der Waals surface area contributed by atoms with Crippen molar-refractivity contribution < 1.29 is 9.90 Å². The Balaban J connectivity index is 2.01. The van der Waals surface area contributed by atoms with Crippen LogP contribution in [0.15, 0.2) is 18.3 Å². The Morgan fingerprint density at radius 3 is 2.94 bits per heavy atom. The number of hydrogen-bond donors (Lipinski definition) is 3. The van der Waals surface area contributed by atoms with Gasteiger partial charge in [-0.15, -0.1) is 0 Å². The topological polar surface area (TPSA) is 88.2 Å². The van der Waals surface area contributed by atoms with Crippen LogP contribution in [0.2, 0.25) is 0 Å². The summed E-state index contributed by atoms with van der Waals surface area (Å²) in [6, 6.07) is 3.67. The number of nitrogens with two attached hydrogens (primary N) is 1. The van der Waals surface area contributed by atoms with Crippen LogP contribution >= 0.6 is 0 Å². The molecular formula is C12H17N3O2. The van der Waals surface area contributed by atoms with Crippen molar-refractivity contribution in [3.05, 3.63) is 23.9 Å². The highest BCUT2D eigenvalue weighted by molar-refractivity contribution is 5.92. The van der Waals surface area contributed by atoms with Gasteiger partial charge in [-0.1, -0.05) is 6.42 Å². The third-order valence-electron chi connectivity index (χ3n) is 3.27. The minimum Gasteiger partial charge on any atom is -0.396 e. The van der Waals surface area contributed by atoms with Crippen LogP contribution in [0, 0.1) is 5.92 Å². The van der Waals surface area contributed by atoms with Gasteiger partial charge in [-0.05, 0) is 25.0 Å². The van der Waals surface area contributed by atoms with E-state index >= 15 is 0 Å². The molecule has 17 heavy (non-hydrogen) atoms. The van der Waals surface area contributed by atoms with E-state index < -0.39 is 5.91 Å². The van der Waals surface area contributed by atoms with Crippen LogP contribution < -0.4 is 11.1 Å². The fourth-order valence-corrected chi connectivity index (χ4v) is 2.26. The number of rotatable bonds is 4. The lowest BCUT2D eigenvalue weighted by Crippen LogP contribution is -2.26. The van der Waals surface area contributed by atoms with Crippen molar-refractivity contribution in [3.63, 3.8) is 0 Å². The maximum absolute atomic E-state index is 10.9. The highest BCUT2D eigenvalue weighted by Gasteiger charge is 2.26. The molecule has 0 bridgehead atoms. The van der Waals surface area contributed by atoms with Crippen molar-refractivity contribution in [2.75, 3.05) is 11.9 Å². The molecule has 0 aliphatic heterocycles. The smallest absolute Gasteiger partial charge is 0.250 e. The molecule has 4 N–H and O–H groups in total. The molecule has 0 spiro atoms. The molecular weight excluding hydrogens is 218 g/mol. The number of nitrogens with one attached hydrogen (secondary N) is 1. The van der Waals surface area contributed by atoms with E-state index in [2.05, 4.69) is 10.3 Å². The summed E-state index contributed by atoms with van der Waals surface area (Å²) in [5, 5.41) is 12.5. The van der Waals surface area contributed by atoms with Gasteiger partial charge in [0, 0.05) is 24.8 Å². The minimum atomic E-state index is -0.474. The summed E-state index contributed by atoms with van der Waals surface area (Å²) < 4.78 is 0. The molecule has 1 amide bonds. The van der Waals surface area contributed by atoms with Gasteiger partial charge in [-0.25, -0.2) is 4.98 Å². The number of hydrogen-bond acceptors (Lipinski definition) is 4. The number of aliphatic hydroxyl groups is 1. The molecule has 0 saturated heterocycles. The third-order valence-corrected chi connectivity index (χ3v) is 3.27. The van der Waals surface area contributed by atoms with Crippen molar-refractivity contribution in [1.29, 1.82) is 0 Å². The summed E-state index contributed by atoms with van der Waals surface area (Å²) in [6.07, 6.45) is 4.69. The lowest BCUT2D eigenvalue weighted by Gasteiger charge is -2.19. The fourth-order valence-electron chi connectivity index (χ4n) is 2.26. The number of primary amides is 1. The third kappa shape index (κ3) is 2.74. The second kappa shape index (κ2) is 5.14. The normalized spacial score (nSPS) is 23.6. The van der Waals surface area contributed by atoms with Gasteiger partial charge in [0.05, 0.1) is 5.56 Å². The minimum absolute atomic E-state index is 0.205. The number of aliphatic hydroxyl groups excluding tert-OH is 1. The second-order valence-corrected chi connectivity index (χ2v) is 4.42. The maximum Gasteiger partial charge on any atom is 0.250 e. The Morgan fingerprint density at radius 2 is 2.35 bits per heavy atom. The van der Waals surface area contributed by atoms with Crippen LogP contribution in [0.25, 0.3) is 0 Å². The summed E-state index contributed by atoms with van der Waals surface area (Å²) in [5.74, 6) is 0.547. The summed E-state index contributed by atoms with van der Waals surface area (Å²) in [7, 11) is 0. The molecule has 2 atom stereocenters. The van der Waals surface area contributed by atoms with Gasteiger partial charge in [0.2, 0.25) is 5.91 Å². The van der Waals surface area contributed by atoms with Crippen LogP contribution in [0.4, 0.5) is 5.82 Å². The van der Waals surface area contributed by atoms with Crippen LogP contribution in [0.5, 0.6) is 0 Å². The zero-order chi connectivity index (χ0) is 12.3. The average molecular weight is 235 g/mol. The molecule has 1 heterocycles. The lowest BCUT2D eigenvalue weighted by atomic mass is 10.1. The van der Waals surface area contributed by atoms with Crippen LogP contribution in [-0.4, -0.2) is 28.6 Å². The maximum atomic E-state index is 10.9.